The number of benzene rings is 1. The summed E-state index contributed by atoms with van der Waals surface area (Å²) in [6, 6.07) is 2.98. The lowest BCUT2D eigenvalue weighted by Gasteiger charge is -2.07. The summed E-state index contributed by atoms with van der Waals surface area (Å²) in [6.45, 7) is 2.76. The second-order valence-corrected chi connectivity index (χ2v) is 3.85. The van der Waals surface area contributed by atoms with Crippen LogP contribution in [0.4, 0.5) is 14.6 Å². The van der Waals surface area contributed by atoms with Gasteiger partial charge in [0.2, 0.25) is 5.88 Å². The molecule has 0 amide bonds. The van der Waals surface area contributed by atoms with E-state index in [9.17, 15) is 8.78 Å². The number of aromatic nitrogens is 2. The zero-order valence-corrected chi connectivity index (χ0v) is 10.4. The van der Waals surface area contributed by atoms with Crippen molar-refractivity contribution in [3.8, 4) is 11.6 Å². The zero-order chi connectivity index (χ0) is 13.7. The van der Waals surface area contributed by atoms with E-state index in [0.717, 1.165) is 31.2 Å². The Balaban J connectivity index is 2.16. The number of anilines is 1. The number of nitrogens with zero attached hydrogens (tertiary/aromatic N) is 2. The lowest BCUT2D eigenvalue weighted by atomic mass is 10.3. The summed E-state index contributed by atoms with van der Waals surface area (Å²) in [7, 11) is 0. The smallest absolute Gasteiger partial charge is 0.239 e. The lowest BCUT2D eigenvalue weighted by molar-refractivity contribution is 0.421. The predicted octanol–water partition coefficient (Wildman–Crippen LogP) is 3.37. The molecule has 6 heteroatoms. The maximum Gasteiger partial charge on any atom is 0.239 e. The first-order valence-corrected chi connectivity index (χ1v) is 5.88. The fraction of sp³-hybridized carbons (Fsp3) is 0.231. The molecule has 0 saturated heterocycles. The standard InChI is InChI=1S/C13H13F2N3O/c1-2-5-17-12-7-16-8-13(18-12)19-11-6-9(14)3-4-10(11)15/h3-4,6-8H,2,5H2,1H3,(H,17,18). The van der Waals surface area contributed by atoms with Crippen LogP contribution in [0, 0.1) is 11.6 Å². The fourth-order valence-corrected chi connectivity index (χ4v) is 1.40. The van der Waals surface area contributed by atoms with Gasteiger partial charge >= 0.3 is 0 Å². The van der Waals surface area contributed by atoms with Gasteiger partial charge in [-0.15, -0.1) is 0 Å². The summed E-state index contributed by atoms with van der Waals surface area (Å²) in [5, 5.41) is 3.03. The first kappa shape index (κ1) is 13.2. The third-order valence-corrected chi connectivity index (χ3v) is 2.28. The van der Waals surface area contributed by atoms with Gasteiger partial charge in [-0.25, -0.2) is 8.78 Å². The van der Waals surface area contributed by atoms with E-state index in [1.54, 1.807) is 0 Å². The molecule has 2 aromatic rings. The van der Waals surface area contributed by atoms with Crippen LogP contribution in [-0.4, -0.2) is 16.5 Å². The first-order valence-electron chi connectivity index (χ1n) is 5.88. The second-order valence-electron chi connectivity index (χ2n) is 3.85. The van der Waals surface area contributed by atoms with Crippen molar-refractivity contribution in [2.45, 2.75) is 13.3 Å². The van der Waals surface area contributed by atoms with Crippen LogP contribution in [0.5, 0.6) is 11.6 Å². The van der Waals surface area contributed by atoms with Gasteiger partial charge in [-0.2, -0.15) is 4.98 Å². The number of nitrogens with one attached hydrogen (secondary N) is 1. The third-order valence-electron chi connectivity index (χ3n) is 2.28. The molecule has 1 aromatic heterocycles. The molecule has 4 nitrogen and oxygen atoms in total. The molecule has 0 bridgehead atoms. The van der Waals surface area contributed by atoms with Crippen molar-refractivity contribution in [1.29, 1.82) is 0 Å². The zero-order valence-electron chi connectivity index (χ0n) is 10.4. The van der Waals surface area contributed by atoms with E-state index in [1.165, 1.54) is 12.4 Å². The van der Waals surface area contributed by atoms with Crippen LogP contribution >= 0.6 is 0 Å². The average Bonchev–Trinajstić information content (AvgIpc) is 2.41. The van der Waals surface area contributed by atoms with Crippen LogP contribution in [-0.2, 0) is 0 Å². The SMILES string of the molecule is CCCNc1cncc(Oc2cc(F)ccc2F)n1. The summed E-state index contributed by atoms with van der Waals surface area (Å²) < 4.78 is 31.6. The number of halogens is 2. The highest BCUT2D eigenvalue weighted by molar-refractivity contribution is 5.35. The van der Waals surface area contributed by atoms with E-state index in [2.05, 4.69) is 15.3 Å². The first-order chi connectivity index (χ1) is 9.19. The van der Waals surface area contributed by atoms with Gasteiger partial charge < -0.3 is 10.1 Å². The Labute approximate surface area is 109 Å². The number of hydrogen-bond donors (Lipinski definition) is 1. The summed E-state index contributed by atoms with van der Waals surface area (Å²) in [5.74, 6) is -0.830. The van der Waals surface area contributed by atoms with E-state index < -0.39 is 11.6 Å². The Morgan fingerprint density at radius 2 is 2.11 bits per heavy atom. The van der Waals surface area contributed by atoms with Gasteiger partial charge in [0.15, 0.2) is 11.6 Å². The molecule has 0 saturated carbocycles. The van der Waals surface area contributed by atoms with E-state index in [4.69, 9.17) is 4.74 Å². The van der Waals surface area contributed by atoms with Crippen molar-refractivity contribution in [2.75, 3.05) is 11.9 Å². The monoisotopic (exact) mass is 265 g/mol. The quantitative estimate of drug-likeness (QED) is 0.900. The maximum absolute atomic E-state index is 13.4. The third kappa shape index (κ3) is 3.61. The molecule has 0 aliphatic heterocycles. The minimum atomic E-state index is -0.657. The molecule has 100 valence electrons. The molecule has 0 spiro atoms. The Morgan fingerprint density at radius 1 is 1.26 bits per heavy atom. The molecule has 0 fully saturated rings. The van der Waals surface area contributed by atoms with Crippen LogP contribution in [0.2, 0.25) is 0 Å². The Hall–Kier alpha value is -2.24. The van der Waals surface area contributed by atoms with Gasteiger partial charge in [0.1, 0.15) is 11.6 Å². The molecule has 1 aromatic carbocycles. The maximum atomic E-state index is 13.4. The number of ether oxygens (including phenoxy) is 1. The van der Waals surface area contributed by atoms with E-state index in [0.29, 0.717) is 5.82 Å². The molecule has 0 aliphatic rings. The minimum absolute atomic E-state index is 0.102. The summed E-state index contributed by atoms with van der Waals surface area (Å²) in [6.07, 6.45) is 3.80. The molecule has 0 unspecified atom stereocenters. The lowest BCUT2D eigenvalue weighted by Crippen LogP contribution is -2.03. The van der Waals surface area contributed by atoms with Gasteiger partial charge in [0, 0.05) is 12.6 Å². The number of hydrogen-bond acceptors (Lipinski definition) is 4. The van der Waals surface area contributed by atoms with Crippen LogP contribution in [0.1, 0.15) is 13.3 Å². The highest BCUT2D eigenvalue weighted by atomic mass is 19.1. The van der Waals surface area contributed by atoms with Gasteiger partial charge in [-0.05, 0) is 18.6 Å². The molecular formula is C13H13F2N3O. The van der Waals surface area contributed by atoms with E-state index >= 15 is 0 Å². The highest BCUT2D eigenvalue weighted by Gasteiger charge is 2.08. The molecule has 2 rings (SSSR count). The van der Waals surface area contributed by atoms with Crippen molar-refractivity contribution in [2.24, 2.45) is 0 Å². The van der Waals surface area contributed by atoms with Crippen molar-refractivity contribution < 1.29 is 13.5 Å². The van der Waals surface area contributed by atoms with Crippen molar-refractivity contribution in [3.05, 3.63) is 42.2 Å². The van der Waals surface area contributed by atoms with E-state index in [1.807, 2.05) is 6.92 Å². The average molecular weight is 265 g/mol. The molecule has 0 atom stereocenters. The highest BCUT2D eigenvalue weighted by Crippen LogP contribution is 2.23. The van der Waals surface area contributed by atoms with E-state index in [-0.39, 0.29) is 11.6 Å². The largest absolute Gasteiger partial charge is 0.434 e. The molecule has 1 N–H and O–H groups in total. The molecule has 19 heavy (non-hydrogen) atoms. The van der Waals surface area contributed by atoms with Crippen LogP contribution in [0.15, 0.2) is 30.6 Å². The Morgan fingerprint density at radius 3 is 2.89 bits per heavy atom. The van der Waals surface area contributed by atoms with Gasteiger partial charge in [0.25, 0.3) is 0 Å². The second kappa shape index (κ2) is 6.08. The van der Waals surface area contributed by atoms with Crippen molar-refractivity contribution in [1.82, 2.24) is 9.97 Å². The predicted molar refractivity (Wildman–Crippen MR) is 67.2 cm³/mol. The van der Waals surface area contributed by atoms with Crippen LogP contribution < -0.4 is 10.1 Å². The van der Waals surface area contributed by atoms with Gasteiger partial charge in [0.05, 0.1) is 12.4 Å². The summed E-state index contributed by atoms with van der Waals surface area (Å²) >= 11 is 0. The molecular weight excluding hydrogens is 252 g/mol. The molecule has 0 radical (unpaired) electrons. The summed E-state index contributed by atoms with van der Waals surface area (Å²) in [4.78, 5) is 8.01. The Bertz CT molecular complexity index is 563. The van der Waals surface area contributed by atoms with Gasteiger partial charge in [-0.1, -0.05) is 6.92 Å². The molecule has 0 aliphatic carbocycles. The number of rotatable bonds is 5. The normalized spacial score (nSPS) is 10.3. The molecule has 1 heterocycles. The van der Waals surface area contributed by atoms with Crippen molar-refractivity contribution in [3.63, 3.8) is 0 Å². The van der Waals surface area contributed by atoms with Crippen LogP contribution in [0.3, 0.4) is 0 Å². The van der Waals surface area contributed by atoms with Crippen molar-refractivity contribution >= 4 is 5.82 Å². The van der Waals surface area contributed by atoms with Gasteiger partial charge in [-0.3, -0.25) is 4.98 Å². The summed E-state index contributed by atoms with van der Waals surface area (Å²) in [5.41, 5.74) is 0. The topological polar surface area (TPSA) is 47.0 Å². The fourth-order valence-electron chi connectivity index (χ4n) is 1.40. The van der Waals surface area contributed by atoms with Crippen LogP contribution in [0.25, 0.3) is 0 Å². The Kier molecular flexibility index (Phi) is 4.22. The minimum Gasteiger partial charge on any atom is -0.434 e.